The van der Waals surface area contributed by atoms with Crippen molar-refractivity contribution in [2.75, 3.05) is 31.7 Å². The second-order valence-corrected chi connectivity index (χ2v) is 7.06. The van der Waals surface area contributed by atoms with Gasteiger partial charge in [-0.3, -0.25) is 0 Å². The minimum absolute atomic E-state index is 0.350. The minimum Gasteiger partial charge on any atom is -0.493 e. The van der Waals surface area contributed by atoms with Crippen LogP contribution in [0.2, 0.25) is 0 Å². The Hall–Kier alpha value is -0.870. The van der Waals surface area contributed by atoms with Gasteiger partial charge in [-0.1, -0.05) is 12.1 Å². The van der Waals surface area contributed by atoms with Crippen molar-refractivity contribution >= 4 is 11.8 Å². The van der Waals surface area contributed by atoms with Gasteiger partial charge >= 0.3 is 0 Å². The molecule has 1 aromatic carbocycles. The third-order valence-corrected chi connectivity index (χ3v) is 5.50. The lowest BCUT2D eigenvalue weighted by atomic mass is 9.89. The predicted molar refractivity (Wildman–Crippen MR) is 88.8 cm³/mol. The molecule has 1 aromatic rings. The third kappa shape index (κ3) is 3.67. The van der Waals surface area contributed by atoms with Gasteiger partial charge in [-0.15, -0.1) is 0 Å². The Labute approximate surface area is 131 Å². The molecule has 116 valence electrons. The molecular weight excluding hydrogens is 282 g/mol. The molecule has 21 heavy (non-hydrogen) atoms. The van der Waals surface area contributed by atoms with Gasteiger partial charge in [0, 0.05) is 5.56 Å². The molecule has 0 atom stereocenters. The van der Waals surface area contributed by atoms with Gasteiger partial charge in [-0.2, -0.15) is 11.8 Å². The molecule has 2 aliphatic heterocycles. The van der Waals surface area contributed by atoms with E-state index in [-0.39, 0.29) is 0 Å². The van der Waals surface area contributed by atoms with E-state index < -0.39 is 0 Å². The highest BCUT2D eigenvalue weighted by atomic mass is 32.2. The van der Waals surface area contributed by atoms with Gasteiger partial charge in [0.05, 0.1) is 7.11 Å². The van der Waals surface area contributed by atoms with Crippen LogP contribution in [0.25, 0.3) is 0 Å². The van der Waals surface area contributed by atoms with Crippen LogP contribution in [0, 0.1) is 0 Å². The lowest BCUT2D eigenvalue weighted by Gasteiger charge is -2.27. The molecule has 0 bridgehead atoms. The Balaban J connectivity index is 1.79. The standard InChI is InChI=1S/C17H25NO2S/c1-19-17-15(13-5-9-18-10-6-13)3-2-4-16(17)20-14-7-11-21-12-8-14/h2-4,13-14,18H,5-12H2,1H3. The monoisotopic (exact) mass is 307 g/mol. The number of hydrogen-bond donors (Lipinski definition) is 1. The quantitative estimate of drug-likeness (QED) is 0.923. The molecular formula is C17H25NO2S. The molecule has 0 aromatic heterocycles. The van der Waals surface area contributed by atoms with Gasteiger partial charge in [-0.25, -0.2) is 0 Å². The number of rotatable bonds is 4. The van der Waals surface area contributed by atoms with Crippen LogP contribution < -0.4 is 14.8 Å². The number of piperidine rings is 1. The predicted octanol–water partition coefficient (Wildman–Crippen LogP) is 3.44. The van der Waals surface area contributed by atoms with E-state index in [0.717, 1.165) is 37.4 Å². The highest BCUT2D eigenvalue weighted by Crippen LogP contribution is 2.40. The first kappa shape index (κ1) is 15.0. The van der Waals surface area contributed by atoms with E-state index in [2.05, 4.69) is 23.5 Å². The summed E-state index contributed by atoms with van der Waals surface area (Å²) in [6, 6.07) is 6.39. The number of ether oxygens (including phenoxy) is 2. The first-order valence-electron chi connectivity index (χ1n) is 8.00. The average Bonchev–Trinajstić information content (AvgIpc) is 2.56. The average molecular weight is 307 g/mol. The molecule has 0 saturated carbocycles. The second-order valence-electron chi connectivity index (χ2n) is 5.83. The topological polar surface area (TPSA) is 30.5 Å². The van der Waals surface area contributed by atoms with Crippen LogP contribution in [0.3, 0.4) is 0 Å². The maximum absolute atomic E-state index is 6.25. The molecule has 3 nitrogen and oxygen atoms in total. The van der Waals surface area contributed by atoms with Crippen LogP contribution >= 0.6 is 11.8 Å². The van der Waals surface area contributed by atoms with Crippen LogP contribution in [0.15, 0.2) is 18.2 Å². The van der Waals surface area contributed by atoms with Gasteiger partial charge in [0.1, 0.15) is 6.10 Å². The van der Waals surface area contributed by atoms with E-state index >= 15 is 0 Å². The second kappa shape index (κ2) is 7.41. The van der Waals surface area contributed by atoms with Crippen molar-refractivity contribution in [3.63, 3.8) is 0 Å². The number of benzene rings is 1. The van der Waals surface area contributed by atoms with Crippen molar-refractivity contribution in [1.29, 1.82) is 0 Å². The van der Waals surface area contributed by atoms with Crippen LogP contribution in [-0.4, -0.2) is 37.8 Å². The van der Waals surface area contributed by atoms with Crippen molar-refractivity contribution in [3.8, 4) is 11.5 Å². The molecule has 0 spiro atoms. The summed E-state index contributed by atoms with van der Waals surface area (Å²) in [6.45, 7) is 2.19. The highest BCUT2D eigenvalue weighted by molar-refractivity contribution is 7.99. The zero-order chi connectivity index (χ0) is 14.5. The molecule has 0 radical (unpaired) electrons. The van der Waals surface area contributed by atoms with E-state index in [1.54, 1.807) is 7.11 Å². The molecule has 2 fully saturated rings. The van der Waals surface area contributed by atoms with Gasteiger partial charge in [-0.05, 0) is 62.3 Å². The van der Waals surface area contributed by atoms with Crippen LogP contribution in [0.5, 0.6) is 11.5 Å². The van der Waals surface area contributed by atoms with Gasteiger partial charge < -0.3 is 14.8 Å². The lowest BCUT2D eigenvalue weighted by Crippen LogP contribution is -2.27. The number of nitrogens with one attached hydrogen (secondary N) is 1. The first-order chi connectivity index (χ1) is 10.4. The SMILES string of the molecule is COc1c(OC2CCSCC2)cccc1C1CCNCC1. The van der Waals surface area contributed by atoms with E-state index in [1.165, 1.54) is 29.9 Å². The first-order valence-corrected chi connectivity index (χ1v) is 9.16. The zero-order valence-electron chi connectivity index (χ0n) is 12.8. The van der Waals surface area contributed by atoms with Gasteiger partial charge in [0.2, 0.25) is 0 Å². The van der Waals surface area contributed by atoms with Crippen LogP contribution in [0.4, 0.5) is 0 Å². The molecule has 0 aliphatic carbocycles. The Kier molecular flexibility index (Phi) is 5.31. The van der Waals surface area contributed by atoms with E-state index in [0.29, 0.717) is 12.0 Å². The number of hydrogen-bond acceptors (Lipinski definition) is 4. The molecule has 1 N–H and O–H groups in total. The normalized spacial score (nSPS) is 21.2. The molecule has 0 unspecified atom stereocenters. The van der Waals surface area contributed by atoms with Gasteiger partial charge in [0.15, 0.2) is 11.5 Å². The van der Waals surface area contributed by atoms with Crippen molar-refractivity contribution in [2.24, 2.45) is 0 Å². The summed E-state index contributed by atoms with van der Waals surface area (Å²) in [4.78, 5) is 0. The van der Waals surface area contributed by atoms with Crippen molar-refractivity contribution in [1.82, 2.24) is 5.32 Å². The summed E-state index contributed by atoms with van der Waals surface area (Å²) in [5.74, 6) is 4.90. The largest absolute Gasteiger partial charge is 0.493 e. The molecule has 0 amide bonds. The molecule has 2 saturated heterocycles. The smallest absolute Gasteiger partial charge is 0.164 e. The van der Waals surface area contributed by atoms with E-state index in [9.17, 15) is 0 Å². The summed E-state index contributed by atoms with van der Waals surface area (Å²) in [5, 5.41) is 3.43. The van der Waals surface area contributed by atoms with Gasteiger partial charge in [0.25, 0.3) is 0 Å². The molecule has 2 aliphatic rings. The summed E-state index contributed by atoms with van der Waals surface area (Å²) >= 11 is 2.03. The number of thioether (sulfide) groups is 1. The fraction of sp³-hybridized carbons (Fsp3) is 0.647. The molecule has 3 rings (SSSR count). The lowest BCUT2D eigenvalue weighted by molar-refractivity contribution is 0.183. The summed E-state index contributed by atoms with van der Waals surface area (Å²) in [6.07, 6.45) is 5.00. The fourth-order valence-electron chi connectivity index (χ4n) is 3.27. The molecule has 2 heterocycles. The Morgan fingerprint density at radius 3 is 2.57 bits per heavy atom. The summed E-state index contributed by atoms with van der Waals surface area (Å²) < 4.78 is 12.0. The zero-order valence-corrected chi connectivity index (χ0v) is 13.6. The third-order valence-electron chi connectivity index (χ3n) is 4.45. The van der Waals surface area contributed by atoms with Crippen molar-refractivity contribution in [2.45, 2.75) is 37.7 Å². The summed E-state index contributed by atoms with van der Waals surface area (Å²) in [5.41, 5.74) is 1.32. The van der Waals surface area contributed by atoms with Crippen LogP contribution in [0.1, 0.15) is 37.2 Å². The Morgan fingerprint density at radius 1 is 1.10 bits per heavy atom. The van der Waals surface area contributed by atoms with Crippen molar-refractivity contribution < 1.29 is 9.47 Å². The fourth-order valence-corrected chi connectivity index (χ4v) is 4.34. The van der Waals surface area contributed by atoms with Crippen molar-refractivity contribution in [3.05, 3.63) is 23.8 Å². The summed E-state index contributed by atoms with van der Waals surface area (Å²) in [7, 11) is 1.77. The highest BCUT2D eigenvalue weighted by Gasteiger charge is 2.23. The Bertz CT molecular complexity index is 454. The Morgan fingerprint density at radius 2 is 1.86 bits per heavy atom. The maximum atomic E-state index is 6.25. The maximum Gasteiger partial charge on any atom is 0.164 e. The minimum atomic E-state index is 0.350. The number of para-hydroxylation sites is 1. The molecule has 4 heteroatoms. The van der Waals surface area contributed by atoms with Crippen LogP contribution in [-0.2, 0) is 0 Å². The number of methoxy groups -OCH3 is 1. The van der Waals surface area contributed by atoms with E-state index in [4.69, 9.17) is 9.47 Å². The van der Waals surface area contributed by atoms with E-state index in [1.807, 2.05) is 11.8 Å².